The quantitative estimate of drug-likeness (QED) is 0.649. The molecule has 0 spiro atoms. The van der Waals surface area contributed by atoms with E-state index in [-0.39, 0.29) is 12.5 Å². The van der Waals surface area contributed by atoms with Crippen molar-refractivity contribution in [2.45, 2.75) is 13.8 Å². The zero-order valence-corrected chi connectivity index (χ0v) is 16.0. The highest BCUT2D eigenvalue weighted by Gasteiger charge is 2.08. The van der Waals surface area contributed by atoms with Crippen LogP contribution in [0.25, 0.3) is 0 Å². The van der Waals surface area contributed by atoms with E-state index < -0.39 is 0 Å². The Kier molecular flexibility index (Phi) is 6.06. The Morgan fingerprint density at radius 3 is 2.32 bits per heavy atom. The van der Waals surface area contributed by atoms with Crippen LogP contribution < -0.4 is 20.1 Å². The molecular formula is C21H22N4O3. The maximum absolute atomic E-state index is 12.2. The van der Waals surface area contributed by atoms with Gasteiger partial charge in [-0.3, -0.25) is 4.79 Å². The van der Waals surface area contributed by atoms with Crippen LogP contribution >= 0.6 is 0 Å². The van der Waals surface area contributed by atoms with Crippen LogP contribution in [0.4, 0.5) is 17.3 Å². The molecule has 0 unspecified atom stereocenters. The van der Waals surface area contributed by atoms with Crippen LogP contribution in [0.2, 0.25) is 0 Å². The molecule has 1 aromatic heterocycles. The molecular weight excluding hydrogens is 356 g/mol. The fourth-order valence-corrected chi connectivity index (χ4v) is 2.66. The van der Waals surface area contributed by atoms with Gasteiger partial charge in [-0.25, -0.2) is 9.97 Å². The molecule has 0 aliphatic rings. The topological polar surface area (TPSA) is 85.4 Å². The number of hydrogen-bond donors (Lipinski definition) is 2. The molecule has 0 saturated carbocycles. The van der Waals surface area contributed by atoms with Crippen molar-refractivity contribution in [3.8, 4) is 11.5 Å². The van der Waals surface area contributed by atoms with Crippen LogP contribution in [0.3, 0.4) is 0 Å². The first-order valence-corrected chi connectivity index (χ1v) is 8.78. The van der Waals surface area contributed by atoms with Crippen molar-refractivity contribution in [2.24, 2.45) is 0 Å². The minimum atomic E-state index is -0.272. The minimum Gasteiger partial charge on any atom is -0.493 e. The van der Waals surface area contributed by atoms with Gasteiger partial charge in [0.05, 0.1) is 7.11 Å². The van der Waals surface area contributed by atoms with Crippen LogP contribution in [-0.2, 0) is 4.79 Å². The van der Waals surface area contributed by atoms with E-state index in [1.807, 2.05) is 50.2 Å². The van der Waals surface area contributed by atoms with Gasteiger partial charge in [0, 0.05) is 22.8 Å². The Morgan fingerprint density at radius 2 is 1.61 bits per heavy atom. The standard InChI is InChI=1S/C21H22N4O3/c1-14-11-15(2)23-21(22-14)25-17-8-6-7-16(12-17)24-20(26)13-28-19-10-5-4-9-18(19)27-3/h4-12H,13H2,1-3H3,(H,24,26)(H,22,23,25). The summed E-state index contributed by atoms with van der Waals surface area (Å²) in [6.45, 7) is 3.70. The number of hydrogen-bond acceptors (Lipinski definition) is 6. The van der Waals surface area contributed by atoms with Crippen molar-refractivity contribution >= 4 is 23.2 Å². The lowest BCUT2D eigenvalue weighted by Crippen LogP contribution is -2.20. The van der Waals surface area contributed by atoms with Crippen molar-refractivity contribution in [2.75, 3.05) is 24.4 Å². The summed E-state index contributed by atoms with van der Waals surface area (Å²) in [5.41, 5.74) is 3.18. The van der Waals surface area contributed by atoms with Crippen LogP contribution in [-0.4, -0.2) is 29.6 Å². The van der Waals surface area contributed by atoms with Gasteiger partial charge in [-0.05, 0) is 50.2 Å². The number of para-hydroxylation sites is 2. The van der Waals surface area contributed by atoms with Gasteiger partial charge in [0.25, 0.3) is 5.91 Å². The first-order valence-electron chi connectivity index (χ1n) is 8.78. The number of methoxy groups -OCH3 is 1. The van der Waals surface area contributed by atoms with Crippen molar-refractivity contribution < 1.29 is 14.3 Å². The van der Waals surface area contributed by atoms with Gasteiger partial charge in [-0.15, -0.1) is 0 Å². The highest BCUT2D eigenvalue weighted by atomic mass is 16.5. The lowest BCUT2D eigenvalue weighted by atomic mass is 10.2. The van der Waals surface area contributed by atoms with Crippen molar-refractivity contribution in [1.29, 1.82) is 0 Å². The van der Waals surface area contributed by atoms with Crippen LogP contribution in [0.15, 0.2) is 54.6 Å². The van der Waals surface area contributed by atoms with E-state index in [2.05, 4.69) is 20.6 Å². The molecule has 7 nitrogen and oxygen atoms in total. The molecule has 7 heteroatoms. The number of carbonyl (C=O) groups excluding carboxylic acids is 1. The largest absolute Gasteiger partial charge is 0.493 e. The van der Waals surface area contributed by atoms with Gasteiger partial charge >= 0.3 is 0 Å². The highest BCUT2D eigenvalue weighted by Crippen LogP contribution is 2.25. The highest BCUT2D eigenvalue weighted by molar-refractivity contribution is 5.92. The SMILES string of the molecule is COc1ccccc1OCC(=O)Nc1cccc(Nc2nc(C)cc(C)n2)c1. The molecule has 0 saturated heterocycles. The average molecular weight is 378 g/mol. The van der Waals surface area contributed by atoms with E-state index in [4.69, 9.17) is 9.47 Å². The van der Waals surface area contributed by atoms with Gasteiger partial charge in [0.15, 0.2) is 18.1 Å². The maximum atomic E-state index is 12.2. The molecule has 2 aromatic carbocycles. The Bertz CT molecular complexity index is 955. The summed E-state index contributed by atoms with van der Waals surface area (Å²) in [7, 11) is 1.56. The Hall–Kier alpha value is -3.61. The molecule has 0 aliphatic heterocycles. The second-order valence-corrected chi connectivity index (χ2v) is 6.17. The van der Waals surface area contributed by atoms with Gasteiger partial charge < -0.3 is 20.1 Å². The Morgan fingerprint density at radius 1 is 0.929 bits per heavy atom. The molecule has 0 atom stereocenters. The molecule has 0 bridgehead atoms. The molecule has 0 radical (unpaired) electrons. The molecule has 3 rings (SSSR count). The number of ether oxygens (including phenoxy) is 2. The van der Waals surface area contributed by atoms with Gasteiger partial charge in [0.2, 0.25) is 5.95 Å². The second-order valence-electron chi connectivity index (χ2n) is 6.17. The third-order valence-corrected chi connectivity index (χ3v) is 3.81. The molecule has 1 heterocycles. The number of amides is 1. The summed E-state index contributed by atoms with van der Waals surface area (Å²) in [6, 6.07) is 16.4. The van der Waals surface area contributed by atoms with Gasteiger partial charge in [-0.1, -0.05) is 18.2 Å². The molecule has 2 N–H and O–H groups in total. The predicted molar refractivity (Wildman–Crippen MR) is 108 cm³/mol. The van der Waals surface area contributed by atoms with Crippen LogP contribution in [0.5, 0.6) is 11.5 Å². The van der Waals surface area contributed by atoms with Crippen LogP contribution in [0, 0.1) is 13.8 Å². The third-order valence-electron chi connectivity index (χ3n) is 3.81. The Balaban J connectivity index is 1.61. The normalized spacial score (nSPS) is 10.2. The lowest BCUT2D eigenvalue weighted by Gasteiger charge is -2.11. The molecule has 1 amide bonds. The summed E-state index contributed by atoms with van der Waals surface area (Å²) >= 11 is 0. The van der Waals surface area contributed by atoms with Crippen molar-refractivity contribution in [1.82, 2.24) is 9.97 Å². The van der Waals surface area contributed by atoms with Crippen LogP contribution in [0.1, 0.15) is 11.4 Å². The maximum Gasteiger partial charge on any atom is 0.262 e. The van der Waals surface area contributed by atoms with E-state index in [9.17, 15) is 4.79 Å². The monoisotopic (exact) mass is 378 g/mol. The van der Waals surface area contributed by atoms with E-state index in [0.29, 0.717) is 23.1 Å². The zero-order chi connectivity index (χ0) is 19.9. The van der Waals surface area contributed by atoms with E-state index in [0.717, 1.165) is 17.1 Å². The van der Waals surface area contributed by atoms with E-state index >= 15 is 0 Å². The number of anilines is 3. The van der Waals surface area contributed by atoms with Gasteiger partial charge in [0.1, 0.15) is 0 Å². The number of nitrogens with one attached hydrogen (secondary N) is 2. The smallest absolute Gasteiger partial charge is 0.262 e. The minimum absolute atomic E-state index is 0.127. The average Bonchev–Trinajstić information content (AvgIpc) is 2.66. The summed E-state index contributed by atoms with van der Waals surface area (Å²) in [5, 5.41) is 5.96. The molecule has 28 heavy (non-hydrogen) atoms. The number of benzene rings is 2. The summed E-state index contributed by atoms with van der Waals surface area (Å²) in [5.74, 6) is 1.34. The summed E-state index contributed by atoms with van der Waals surface area (Å²) < 4.78 is 10.7. The summed E-state index contributed by atoms with van der Waals surface area (Å²) in [6.07, 6.45) is 0. The first kappa shape index (κ1) is 19.2. The molecule has 0 aliphatic carbocycles. The molecule has 144 valence electrons. The zero-order valence-electron chi connectivity index (χ0n) is 16.0. The number of nitrogens with zero attached hydrogens (tertiary/aromatic N) is 2. The second kappa shape index (κ2) is 8.85. The van der Waals surface area contributed by atoms with Crippen molar-refractivity contribution in [3.05, 3.63) is 66.0 Å². The van der Waals surface area contributed by atoms with E-state index in [1.165, 1.54) is 0 Å². The van der Waals surface area contributed by atoms with E-state index in [1.54, 1.807) is 25.3 Å². The van der Waals surface area contributed by atoms with Gasteiger partial charge in [-0.2, -0.15) is 0 Å². The number of carbonyl (C=O) groups is 1. The van der Waals surface area contributed by atoms with Crippen molar-refractivity contribution in [3.63, 3.8) is 0 Å². The third kappa shape index (κ3) is 5.20. The molecule has 3 aromatic rings. The first-order chi connectivity index (χ1) is 13.5. The predicted octanol–water partition coefficient (Wildman–Crippen LogP) is 3.86. The molecule has 0 fully saturated rings. The number of aromatic nitrogens is 2. The summed E-state index contributed by atoms with van der Waals surface area (Å²) in [4.78, 5) is 20.9. The Labute approximate surface area is 163 Å². The fraction of sp³-hybridized carbons (Fsp3) is 0.190. The lowest BCUT2D eigenvalue weighted by molar-refractivity contribution is -0.118. The number of rotatable bonds is 7. The fourth-order valence-electron chi connectivity index (χ4n) is 2.66. The number of aryl methyl sites for hydroxylation is 2.